The molecule has 0 aromatic carbocycles. The van der Waals surface area contributed by atoms with Crippen molar-refractivity contribution >= 4 is 15.9 Å². The van der Waals surface area contributed by atoms with Gasteiger partial charge in [-0.15, -0.1) is 0 Å². The van der Waals surface area contributed by atoms with Gasteiger partial charge in [0.15, 0.2) is 0 Å². The number of rotatable bonds is 4. The number of hydrogen-bond donors (Lipinski definition) is 1. The zero-order valence-electron chi connectivity index (χ0n) is 11.6. The van der Waals surface area contributed by atoms with Crippen molar-refractivity contribution in [2.45, 2.75) is 51.5 Å². The third kappa shape index (κ3) is 3.69. The summed E-state index contributed by atoms with van der Waals surface area (Å²) in [5.41, 5.74) is 0. The van der Waals surface area contributed by atoms with Gasteiger partial charge in [0.1, 0.15) is 0 Å². The average molecular weight is 288 g/mol. The first-order valence-electron chi connectivity index (χ1n) is 7.31. The van der Waals surface area contributed by atoms with E-state index in [1.54, 1.807) is 6.92 Å². The quantitative estimate of drug-likeness (QED) is 0.842. The minimum absolute atomic E-state index is 0.0444. The fourth-order valence-electron chi connectivity index (χ4n) is 2.98. The lowest BCUT2D eigenvalue weighted by molar-refractivity contribution is -0.126. The van der Waals surface area contributed by atoms with Crippen molar-refractivity contribution in [2.24, 2.45) is 5.92 Å². The van der Waals surface area contributed by atoms with Crippen LogP contribution in [0.3, 0.4) is 0 Å². The molecule has 2 fully saturated rings. The van der Waals surface area contributed by atoms with Crippen LogP contribution in [-0.2, 0) is 14.8 Å². The summed E-state index contributed by atoms with van der Waals surface area (Å²) < 4.78 is 25.2. The Morgan fingerprint density at radius 1 is 1.21 bits per heavy atom. The lowest BCUT2D eigenvalue weighted by atomic mass is 9.98. The van der Waals surface area contributed by atoms with Gasteiger partial charge in [0, 0.05) is 19.1 Å². The molecule has 0 unspecified atom stereocenters. The molecule has 0 bridgehead atoms. The molecule has 1 saturated heterocycles. The van der Waals surface area contributed by atoms with Crippen molar-refractivity contribution in [2.75, 3.05) is 18.8 Å². The zero-order chi connectivity index (χ0) is 13.9. The van der Waals surface area contributed by atoms with Crippen molar-refractivity contribution in [1.82, 2.24) is 9.62 Å². The molecule has 0 aromatic rings. The van der Waals surface area contributed by atoms with Crippen molar-refractivity contribution < 1.29 is 13.2 Å². The summed E-state index contributed by atoms with van der Waals surface area (Å²) in [6.45, 7) is 2.57. The number of amides is 1. The molecule has 110 valence electrons. The van der Waals surface area contributed by atoms with E-state index in [2.05, 4.69) is 5.32 Å². The van der Waals surface area contributed by atoms with Crippen molar-refractivity contribution in [3.8, 4) is 0 Å². The number of carbonyl (C=O) groups is 1. The predicted molar refractivity (Wildman–Crippen MR) is 74.2 cm³/mol. The highest BCUT2D eigenvalue weighted by molar-refractivity contribution is 7.89. The molecule has 0 aromatic heterocycles. The van der Waals surface area contributed by atoms with E-state index in [1.807, 2.05) is 0 Å². The summed E-state index contributed by atoms with van der Waals surface area (Å²) in [4.78, 5) is 12.2. The Morgan fingerprint density at radius 3 is 2.53 bits per heavy atom. The Balaban J connectivity index is 1.91. The van der Waals surface area contributed by atoms with Gasteiger partial charge in [0.2, 0.25) is 15.9 Å². The van der Waals surface area contributed by atoms with Gasteiger partial charge in [-0.25, -0.2) is 12.7 Å². The van der Waals surface area contributed by atoms with Crippen LogP contribution in [0, 0.1) is 5.92 Å². The summed E-state index contributed by atoms with van der Waals surface area (Å²) in [5.74, 6) is -0.0113. The first-order valence-corrected chi connectivity index (χ1v) is 8.92. The van der Waals surface area contributed by atoms with Crippen LogP contribution >= 0.6 is 0 Å². The number of sulfonamides is 1. The Kier molecular flexibility index (Phi) is 4.84. The highest BCUT2D eigenvalue weighted by atomic mass is 32.2. The van der Waals surface area contributed by atoms with Gasteiger partial charge in [-0.05, 0) is 32.6 Å². The molecule has 1 amide bonds. The van der Waals surface area contributed by atoms with E-state index in [1.165, 1.54) is 17.1 Å². The monoisotopic (exact) mass is 288 g/mol. The summed E-state index contributed by atoms with van der Waals surface area (Å²) in [6, 6.07) is 0.311. The molecule has 1 N–H and O–H groups in total. The van der Waals surface area contributed by atoms with E-state index in [4.69, 9.17) is 0 Å². The van der Waals surface area contributed by atoms with Crippen LogP contribution in [0.1, 0.15) is 45.4 Å². The molecule has 2 rings (SSSR count). The lowest BCUT2D eigenvalue weighted by Gasteiger charge is -2.31. The summed E-state index contributed by atoms with van der Waals surface area (Å²) >= 11 is 0. The number of hydrogen-bond acceptors (Lipinski definition) is 3. The number of piperidine rings is 1. The van der Waals surface area contributed by atoms with Crippen molar-refractivity contribution in [1.29, 1.82) is 0 Å². The minimum Gasteiger partial charge on any atom is -0.353 e. The number of carbonyl (C=O) groups excluding carboxylic acids is 1. The fraction of sp³-hybridized carbons (Fsp3) is 0.923. The van der Waals surface area contributed by atoms with Crippen LogP contribution in [0.15, 0.2) is 0 Å². The summed E-state index contributed by atoms with van der Waals surface area (Å²) in [5, 5.41) is 3.08. The van der Waals surface area contributed by atoms with Gasteiger partial charge in [0.05, 0.1) is 11.7 Å². The largest absolute Gasteiger partial charge is 0.353 e. The third-order valence-corrected chi connectivity index (χ3v) is 6.06. The highest BCUT2D eigenvalue weighted by Gasteiger charge is 2.32. The predicted octanol–water partition coefficient (Wildman–Crippen LogP) is 1.11. The minimum atomic E-state index is -3.16. The van der Waals surface area contributed by atoms with E-state index >= 15 is 0 Å². The molecule has 0 spiro atoms. The van der Waals surface area contributed by atoms with Crippen molar-refractivity contribution in [3.63, 3.8) is 0 Å². The molecular weight excluding hydrogens is 264 g/mol. The van der Waals surface area contributed by atoms with Gasteiger partial charge < -0.3 is 5.32 Å². The maximum absolute atomic E-state index is 12.2. The Morgan fingerprint density at radius 2 is 1.89 bits per heavy atom. The molecule has 19 heavy (non-hydrogen) atoms. The van der Waals surface area contributed by atoms with Gasteiger partial charge in [-0.1, -0.05) is 12.8 Å². The molecule has 1 atom stereocenters. The topological polar surface area (TPSA) is 66.5 Å². The molecular formula is C13H24N2O3S. The van der Waals surface area contributed by atoms with E-state index in [9.17, 15) is 13.2 Å². The molecule has 1 heterocycles. The molecule has 1 aliphatic heterocycles. The summed E-state index contributed by atoms with van der Waals surface area (Å²) in [6.07, 6.45) is 6.08. The first kappa shape index (κ1) is 14.8. The molecule has 1 saturated carbocycles. The molecule has 6 heteroatoms. The average Bonchev–Trinajstić information content (AvgIpc) is 2.91. The highest BCUT2D eigenvalue weighted by Crippen LogP contribution is 2.22. The van der Waals surface area contributed by atoms with E-state index in [0.29, 0.717) is 19.1 Å². The third-order valence-electron chi connectivity index (χ3n) is 4.21. The standard InChI is InChI=1S/C13H24N2O3S/c1-2-19(17,18)15-9-5-6-11(10-15)13(16)14-12-7-3-4-8-12/h11-12H,2-10H2,1H3,(H,14,16)/t11-/m1/s1. The second-order valence-corrected chi connectivity index (χ2v) is 7.85. The van der Waals surface area contributed by atoms with Gasteiger partial charge in [0.25, 0.3) is 0 Å². The number of nitrogens with one attached hydrogen (secondary N) is 1. The van der Waals surface area contributed by atoms with Gasteiger partial charge in [-0.2, -0.15) is 0 Å². The second-order valence-electron chi connectivity index (χ2n) is 5.59. The molecule has 0 radical (unpaired) electrons. The smallest absolute Gasteiger partial charge is 0.224 e. The van der Waals surface area contributed by atoms with E-state index < -0.39 is 10.0 Å². The maximum atomic E-state index is 12.2. The number of nitrogens with zero attached hydrogens (tertiary/aromatic N) is 1. The van der Waals surface area contributed by atoms with Crippen LogP contribution < -0.4 is 5.32 Å². The van der Waals surface area contributed by atoms with Gasteiger partial charge in [-0.3, -0.25) is 4.79 Å². The molecule has 5 nitrogen and oxygen atoms in total. The molecule has 2 aliphatic rings. The van der Waals surface area contributed by atoms with Gasteiger partial charge >= 0.3 is 0 Å². The zero-order valence-corrected chi connectivity index (χ0v) is 12.4. The van der Waals surface area contributed by atoms with E-state index in [0.717, 1.165) is 25.7 Å². The first-order chi connectivity index (χ1) is 9.03. The Labute approximate surface area is 115 Å². The van der Waals surface area contributed by atoms with Crippen LogP contribution in [-0.4, -0.2) is 43.5 Å². The van der Waals surface area contributed by atoms with Crippen LogP contribution in [0.2, 0.25) is 0 Å². The Hall–Kier alpha value is -0.620. The molecule has 1 aliphatic carbocycles. The van der Waals surface area contributed by atoms with Crippen LogP contribution in [0.25, 0.3) is 0 Å². The fourth-order valence-corrected chi connectivity index (χ4v) is 4.16. The lowest BCUT2D eigenvalue weighted by Crippen LogP contribution is -2.47. The normalized spacial score (nSPS) is 26.5. The second kappa shape index (κ2) is 6.22. The summed E-state index contributed by atoms with van der Waals surface area (Å²) in [7, 11) is -3.16. The van der Waals surface area contributed by atoms with Crippen molar-refractivity contribution in [3.05, 3.63) is 0 Å². The van der Waals surface area contributed by atoms with E-state index in [-0.39, 0.29) is 17.6 Å². The maximum Gasteiger partial charge on any atom is 0.224 e. The van der Waals surface area contributed by atoms with Crippen LogP contribution in [0.5, 0.6) is 0 Å². The van der Waals surface area contributed by atoms with Crippen LogP contribution in [0.4, 0.5) is 0 Å². The SMILES string of the molecule is CCS(=O)(=O)N1CCC[C@@H](C(=O)NC2CCCC2)C1. The Bertz CT molecular complexity index is 416.